The standard InChI is InChI=1S/C18H17FN2O4/c1-2-20-18(24)21-16(22)15(12-6-4-3-5-7-12)25-17(23)13-8-10-14(19)11-9-13/h3-11,15H,2H2,1H3,(H2,20,21,22,24)/t15-/m0/s1. The highest BCUT2D eigenvalue weighted by molar-refractivity contribution is 5.99. The number of rotatable bonds is 5. The molecule has 3 amide bonds. The van der Waals surface area contributed by atoms with Crippen LogP contribution in [0.1, 0.15) is 28.9 Å². The minimum absolute atomic E-state index is 0.0909. The van der Waals surface area contributed by atoms with E-state index in [1.165, 1.54) is 12.1 Å². The molecule has 2 rings (SSSR count). The number of hydrogen-bond donors (Lipinski definition) is 2. The van der Waals surface area contributed by atoms with E-state index in [-0.39, 0.29) is 5.56 Å². The molecule has 0 aliphatic heterocycles. The van der Waals surface area contributed by atoms with E-state index < -0.39 is 29.8 Å². The number of carbonyl (C=O) groups is 3. The minimum Gasteiger partial charge on any atom is -0.444 e. The van der Waals surface area contributed by atoms with Crippen molar-refractivity contribution < 1.29 is 23.5 Å². The summed E-state index contributed by atoms with van der Waals surface area (Å²) in [6.45, 7) is 2.04. The number of hydrogen-bond acceptors (Lipinski definition) is 4. The fourth-order valence-electron chi connectivity index (χ4n) is 2.04. The van der Waals surface area contributed by atoms with Gasteiger partial charge in [-0.25, -0.2) is 14.0 Å². The second-order valence-electron chi connectivity index (χ2n) is 5.05. The van der Waals surface area contributed by atoms with Crippen LogP contribution >= 0.6 is 0 Å². The lowest BCUT2D eigenvalue weighted by molar-refractivity contribution is -0.129. The first-order chi connectivity index (χ1) is 12.0. The van der Waals surface area contributed by atoms with Crippen LogP contribution in [0.2, 0.25) is 0 Å². The lowest BCUT2D eigenvalue weighted by Crippen LogP contribution is -2.42. The Kier molecular flexibility index (Phi) is 6.22. The number of imide groups is 1. The van der Waals surface area contributed by atoms with Gasteiger partial charge in [-0.2, -0.15) is 0 Å². The fourth-order valence-corrected chi connectivity index (χ4v) is 2.04. The number of esters is 1. The maximum atomic E-state index is 13.0. The lowest BCUT2D eigenvalue weighted by atomic mass is 10.1. The maximum Gasteiger partial charge on any atom is 0.339 e. The Hall–Kier alpha value is -3.22. The Bertz CT molecular complexity index is 747. The summed E-state index contributed by atoms with van der Waals surface area (Å²) in [6.07, 6.45) is -1.32. The number of nitrogens with one attached hydrogen (secondary N) is 2. The molecule has 7 heteroatoms. The van der Waals surface area contributed by atoms with Crippen molar-refractivity contribution in [2.45, 2.75) is 13.0 Å². The van der Waals surface area contributed by atoms with Crippen LogP contribution in [-0.2, 0) is 9.53 Å². The largest absolute Gasteiger partial charge is 0.444 e. The van der Waals surface area contributed by atoms with E-state index in [1.54, 1.807) is 37.3 Å². The molecular formula is C18H17FN2O4. The molecule has 0 spiro atoms. The molecule has 6 nitrogen and oxygen atoms in total. The first kappa shape index (κ1) is 18.1. The summed E-state index contributed by atoms with van der Waals surface area (Å²) in [5.41, 5.74) is 0.493. The van der Waals surface area contributed by atoms with Gasteiger partial charge in [-0.05, 0) is 31.2 Å². The van der Waals surface area contributed by atoms with Crippen molar-refractivity contribution in [2.75, 3.05) is 6.54 Å². The van der Waals surface area contributed by atoms with Gasteiger partial charge in [-0.3, -0.25) is 10.1 Å². The van der Waals surface area contributed by atoms with Crippen molar-refractivity contribution in [1.82, 2.24) is 10.6 Å². The highest BCUT2D eigenvalue weighted by Gasteiger charge is 2.27. The van der Waals surface area contributed by atoms with Gasteiger partial charge in [0, 0.05) is 12.1 Å². The van der Waals surface area contributed by atoms with E-state index in [0.29, 0.717) is 12.1 Å². The molecule has 25 heavy (non-hydrogen) atoms. The lowest BCUT2D eigenvalue weighted by Gasteiger charge is -2.17. The highest BCUT2D eigenvalue weighted by atomic mass is 19.1. The first-order valence-corrected chi connectivity index (χ1v) is 7.61. The zero-order valence-corrected chi connectivity index (χ0v) is 13.5. The molecule has 2 aromatic carbocycles. The van der Waals surface area contributed by atoms with Crippen LogP contribution in [0.3, 0.4) is 0 Å². The third kappa shape index (κ3) is 5.13. The number of carbonyl (C=O) groups excluding carboxylic acids is 3. The summed E-state index contributed by atoms with van der Waals surface area (Å²) in [5, 5.41) is 4.54. The second-order valence-corrected chi connectivity index (χ2v) is 5.05. The maximum absolute atomic E-state index is 13.0. The monoisotopic (exact) mass is 344 g/mol. The number of amides is 3. The van der Waals surface area contributed by atoms with Gasteiger partial charge in [0.2, 0.25) is 6.10 Å². The molecule has 0 aliphatic rings. The van der Waals surface area contributed by atoms with Crippen molar-refractivity contribution in [2.24, 2.45) is 0 Å². The topological polar surface area (TPSA) is 84.5 Å². The molecule has 0 bridgehead atoms. The normalized spacial score (nSPS) is 11.3. The zero-order valence-electron chi connectivity index (χ0n) is 13.5. The summed E-state index contributed by atoms with van der Waals surface area (Å²) in [4.78, 5) is 36.1. The van der Waals surface area contributed by atoms with Crippen molar-refractivity contribution in [3.63, 3.8) is 0 Å². The minimum atomic E-state index is -1.32. The van der Waals surface area contributed by atoms with Gasteiger partial charge in [-0.15, -0.1) is 0 Å². The van der Waals surface area contributed by atoms with E-state index in [1.807, 2.05) is 0 Å². The molecule has 2 N–H and O–H groups in total. The average molecular weight is 344 g/mol. The number of benzene rings is 2. The van der Waals surface area contributed by atoms with Crippen LogP contribution in [0.5, 0.6) is 0 Å². The smallest absolute Gasteiger partial charge is 0.339 e. The molecule has 0 unspecified atom stereocenters. The Morgan fingerprint density at radius 3 is 2.28 bits per heavy atom. The van der Waals surface area contributed by atoms with Crippen molar-refractivity contribution in [1.29, 1.82) is 0 Å². The number of halogens is 1. The van der Waals surface area contributed by atoms with E-state index in [2.05, 4.69) is 10.6 Å². The molecule has 2 aromatic rings. The van der Waals surface area contributed by atoms with Gasteiger partial charge in [0.15, 0.2) is 0 Å². The summed E-state index contributed by atoms with van der Waals surface area (Å²) in [7, 11) is 0. The fraction of sp³-hybridized carbons (Fsp3) is 0.167. The second kappa shape index (κ2) is 8.58. The molecule has 0 aliphatic carbocycles. The number of ether oxygens (including phenoxy) is 1. The van der Waals surface area contributed by atoms with Crippen molar-refractivity contribution in [3.05, 3.63) is 71.5 Å². The molecular weight excluding hydrogens is 327 g/mol. The Morgan fingerprint density at radius 1 is 1.04 bits per heavy atom. The highest BCUT2D eigenvalue weighted by Crippen LogP contribution is 2.19. The predicted molar refractivity (Wildman–Crippen MR) is 88.2 cm³/mol. The molecule has 0 radical (unpaired) electrons. The van der Waals surface area contributed by atoms with Gasteiger partial charge < -0.3 is 10.1 Å². The van der Waals surface area contributed by atoms with Crippen LogP contribution in [-0.4, -0.2) is 24.5 Å². The molecule has 0 saturated heterocycles. The summed E-state index contributed by atoms with van der Waals surface area (Å²) in [6, 6.07) is 12.3. The molecule has 0 saturated carbocycles. The first-order valence-electron chi connectivity index (χ1n) is 7.61. The van der Waals surface area contributed by atoms with Gasteiger partial charge in [0.1, 0.15) is 5.82 Å². The molecule has 130 valence electrons. The average Bonchev–Trinajstić information content (AvgIpc) is 2.61. The summed E-state index contributed by atoms with van der Waals surface area (Å²) >= 11 is 0. The van der Waals surface area contributed by atoms with Gasteiger partial charge in [0.05, 0.1) is 5.56 Å². The van der Waals surface area contributed by atoms with Crippen molar-refractivity contribution >= 4 is 17.9 Å². The van der Waals surface area contributed by atoms with E-state index in [0.717, 1.165) is 12.1 Å². The third-order valence-corrected chi connectivity index (χ3v) is 3.22. The van der Waals surface area contributed by atoms with Crippen molar-refractivity contribution in [3.8, 4) is 0 Å². The summed E-state index contributed by atoms with van der Waals surface area (Å²) < 4.78 is 18.2. The van der Waals surface area contributed by atoms with Gasteiger partial charge in [-0.1, -0.05) is 30.3 Å². The van der Waals surface area contributed by atoms with E-state index in [4.69, 9.17) is 4.74 Å². The third-order valence-electron chi connectivity index (χ3n) is 3.22. The van der Waals surface area contributed by atoms with E-state index >= 15 is 0 Å². The quantitative estimate of drug-likeness (QED) is 0.817. The molecule has 1 atom stereocenters. The van der Waals surface area contributed by atoms with Gasteiger partial charge in [0.25, 0.3) is 5.91 Å². The molecule has 0 heterocycles. The van der Waals surface area contributed by atoms with E-state index in [9.17, 15) is 18.8 Å². The number of urea groups is 1. The van der Waals surface area contributed by atoms with Crippen LogP contribution in [0.15, 0.2) is 54.6 Å². The Morgan fingerprint density at radius 2 is 1.68 bits per heavy atom. The van der Waals surface area contributed by atoms with Crippen LogP contribution in [0, 0.1) is 5.82 Å². The summed E-state index contributed by atoms with van der Waals surface area (Å²) in [5.74, 6) is -2.09. The Balaban J connectivity index is 2.20. The zero-order chi connectivity index (χ0) is 18.2. The molecule has 0 fully saturated rings. The molecule has 0 aromatic heterocycles. The van der Waals surface area contributed by atoms with Crippen LogP contribution in [0.4, 0.5) is 9.18 Å². The van der Waals surface area contributed by atoms with Gasteiger partial charge >= 0.3 is 12.0 Å². The predicted octanol–water partition coefficient (Wildman–Crippen LogP) is 2.57. The Labute approximate surface area is 144 Å². The SMILES string of the molecule is CCNC(=O)NC(=O)[C@@H](OC(=O)c1ccc(F)cc1)c1ccccc1. The van der Waals surface area contributed by atoms with Crippen LogP contribution < -0.4 is 10.6 Å². The van der Waals surface area contributed by atoms with Crippen LogP contribution in [0.25, 0.3) is 0 Å².